The molecule has 3 aliphatic heterocycles. The zero-order valence-corrected chi connectivity index (χ0v) is 20.4. The smallest absolute Gasteiger partial charge is 0.326 e. The van der Waals surface area contributed by atoms with Crippen LogP contribution < -0.4 is 0 Å². The molecule has 2 N–H and O–H groups in total. The van der Waals surface area contributed by atoms with Crippen molar-refractivity contribution in [1.29, 1.82) is 0 Å². The summed E-state index contributed by atoms with van der Waals surface area (Å²) in [5, 5.41) is 8.59. The van der Waals surface area contributed by atoms with Crippen LogP contribution in [-0.2, 0) is 52.9 Å². The van der Waals surface area contributed by atoms with Gasteiger partial charge in [-0.05, 0) is 0 Å². The number of hydrogen-bond donors (Lipinski definition) is 2. The van der Waals surface area contributed by atoms with Gasteiger partial charge in [0.05, 0.1) is 39.5 Å². The number of alkyl halides is 4. The fourth-order valence-corrected chi connectivity index (χ4v) is 5.08. The summed E-state index contributed by atoms with van der Waals surface area (Å²) in [5.41, 5.74) is 0. The number of aliphatic hydroxyl groups is 1. The van der Waals surface area contributed by atoms with Gasteiger partial charge in [0, 0.05) is 6.42 Å². The molecule has 0 aliphatic carbocycles. The summed E-state index contributed by atoms with van der Waals surface area (Å²) in [6, 6.07) is 0. The van der Waals surface area contributed by atoms with Crippen LogP contribution in [0.2, 0.25) is 0 Å². The normalized spacial score (nSPS) is 28.4. The van der Waals surface area contributed by atoms with Gasteiger partial charge in [-0.25, -0.2) is 0 Å². The van der Waals surface area contributed by atoms with E-state index in [1.807, 2.05) is 0 Å². The quantitative estimate of drug-likeness (QED) is 0.0771. The molecule has 0 aromatic carbocycles. The van der Waals surface area contributed by atoms with Crippen LogP contribution in [0.1, 0.15) is 12.8 Å². The third-order valence-corrected chi connectivity index (χ3v) is 6.79. The van der Waals surface area contributed by atoms with Crippen LogP contribution in [0, 0.1) is 11.8 Å². The van der Waals surface area contributed by atoms with E-state index in [0.29, 0.717) is 0 Å². The average Bonchev–Trinajstić information content (AvgIpc) is 3.41. The number of halogens is 4. The maximum absolute atomic E-state index is 13.9. The Kier molecular flexibility index (Phi) is 9.57. The summed E-state index contributed by atoms with van der Waals surface area (Å²) in [5.74, 6) is -18.1. The van der Waals surface area contributed by atoms with Gasteiger partial charge in [-0.1, -0.05) is 0 Å². The lowest BCUT2D eigenvalue weighted by atomic mass is 9.78. The number of carbonyl (C=O) groups is 3. The third-order valence-electron chi connectivity index (χ3n) is 6.07. The van der Waals surface area contributed by atoms with Gasteiger partial charge in [0.25, 0.3) is 10.1 Å². The number of esters is 3. The van der Waals surface area contributed by atoms with E-state index in [2.05, 4.69) is 0 Å². The Morgan fingerprint density at radius 3 is 2.21 bits per heavy atom. The molecule has 0 aromatic rings. The Labute approximate surface area is 213 Å². The minimum absolute atomic E-state index is 0.0253. The van der Waals surface area contributed by atoms with Crippen LogP contribution in [0.3, 0.4) is 0 Å². The highest BCUT2D eigenvalue weighted by atomic mass is 32.2. The summed E-state index contributed by atoms with van der Waals surface area (Å²) < 4.78 is 116. The molecule has 38 heavy (non-hydrogen) atoms. The maximum Gasteiger partial charge on any atom is 0.326 e. The van der Waals surface area contributed by atoms with Crippen molar-refractivity contribution in [3.63, 3.8) is 0 Å². The molecule has 3 aliphatic rings. The third kappa shape index (κ3) is 6.90. The van der Waals surface area contributed by atoms with Crippen molar-refractivity contribution in [1.82, 2.24) is 0 Å². The van der Waals surface area contributed by atoms with Crippen molar-refractivity contribution in [2.45, 2.75) is 49.1 Å². The largest absolute Gasteiger partial charge is 0.463 e. The number of carbonyl (C=O) groups excluding carboxylic acids is 3. The topological polar surface area (TPSA) is 181 Å². The van der Waals surface area contributed by atoms with E-state index in [9.17, 15) is 40.4 Å². The van der Waals surface area contributed by atoms with Crippen LogP contribution in [-0.4, -0.2) is 118 Å². The number of hydrogen-bond acceptors (Lipinski definition) is 12. The van der Waals surface area contributed by atoms with Gasteiger partial charge in [-0.15, -0.1) is 0 Å². The predicted octanol–water partition coefficient (Wildman–Crippen LogP) is -0.656. The summed E-state index contributed by atoms with van der Waals surface area (Å²) in [4.78, 5) is 37.1. The fourth-order valence-electron chi connectivity index (χ4n) is 4.41. The standard InChI is InChI=1S/C20H26F4O13S/c21-19(22,20(23,24)9-38(29,30)31)2-1-10(26)35-15-13-11(12-14(36-13)16(15)37-18(12)28)17(27)34-8-7-33-6-5-32-4-3-25/h11-16,25H,1-9H2,(H,29,30,31). The Bertz CT molecular complexity index is 991. The monoisotopic (exact) mass is 582 g/mol. The minimum Gasteiger partial charge on any atom is -0.463 e. The molecular weight excluding hydrogens is 556 g/mol. The summed E-state index contributed by atoms with van der Waals surface area (Å²) in [6.07, 6.45) is -7.87. The molecular formula is C20H26F4O13S. The fraction of sp³-hybridized carbons (Fsp3) is 0.850. The maximum atomic E-state index is 13.9. The van der Waals surface area contributed by atoms with Crippen molar-refractivity contribution >= 4 is 28.0 Å². The lowest BCUT2D eigenvalue weighted by molar-refractivity contribution is -0.202. The van der Waals surface area contributed by atoms with Crippen molar-refractivity contribution in [3.05, 3.63) is 0 Å². The van der Waals surface area contributed by atoms with Crippen LogP contribution in [0.5, 0.6) is 0 Å². The van der Waals surface area contributed by atoms with Crippen molar-refractivity contribution in [3.8, 4) is 0 Å². The Morgan fingerprint density at radius 2 is 1.58 bits per heavy atom. The lowest BCUT2D eigenvalue weighted by Crippen LogP contribution is -2.48. The zero-order valence-electron chi connectivity index (χ0n) is 19.6. The molecule has 6 unspecified atom stereocenters. The van der Waals surface area contributed by atoms with Gasteiger partial charge in [0.2, 0.25) is 0 Å². The second-order valence-electron chi connectivity index (χ2n) is 8.72. The van der Waals surface area contributed by atoms with Crippen molar-refractivity contribution in [2.24, 2.45) is 11.8 Å². The predicted molar refractivity (Wildman–Crippen MR) is 111 cm³/mol. The molecule has 18 heteroatoms. The Morgan fingerprint density at radius 1 is 0.947 bits per heavy atom. The van der Waals surface area contributed by atoms with Gasteiger partial charge in [-0.3, -0.25) is 18.9 Å². The number of ether oxygens (including phenoxy) is 6. The molecule has 2 bridgehead atoms. The second kappa shape index (κ2) is 12.0. The zero-order chi connectivity index (χ0) is 28.3. The van der Waals surface area contributed by atoms with Crippen LogP contribution in [0.15, 0.2) is 0 Å². The number of fused-ring (bicyclic) bond motifs is 1. The van der Waals surface area contributed by atoms with E-state index in [-0.39, 0.29) is 39.6 Å². The molecule has 0 spiro atoms. The van der Waals surface area contributed by atoms with E-state index in [4.69, 9.17) is 38.1 Å². The summed E-state index contributed by atoms with van der Waals surface area (Å²) >= 11 is 0. The van der Waals surface area contributed by atoms with E-state index < -0.39 is 94.7 Å². The Balaban J connectivity index is 1.53. The summed E-state index contributed by atoms with van der Waals surface area (Å²) in [6.45, 7) is 0.0995. The first-order valence-electron chi connectivity index (χ1n) is 11.4. The van der Waals surface area contributed by atoms with E-state index in [1.54, 1.807) is 0 Å². The Hall–Kier alpha value is -2.12. The van der Waals surface area contributed by atoms with Gasteiger partial charge in [-0.2, -0.15) is 26.0 Å². The molecule has 0 radical (unpaired) electrons. The molecule has 218 valence electrons. The van der Waals surface area contributed by atoms with Crippen molar-refractivity contribution < 1.29 is 78.4 Å². The highest BCUT2D eigenvalue weighted by Crippen LogP contribution is 2.51. The van der Waals surface area contributed by atoms with Crippen LogP contribution in [0.4, 0.5) is 17.6 Å². The second-order valence-corrected chi connectivity index (χ2v) is 10.2. The molecule has 3 rings (SSSR count). The van der Waals surface area contributed by atoms with Crippen LogP contribution >= 0.6 is 0 Å². The molecule has 13 nitrogen and oxygen atoms in total. The van der Waals surface area contributed by atoms with E-state index in [0.717, 1.165) is 0 Å². The minimum atomic E-state index is -5.45. The van der Waals surface area contributed by atoms with Gasteiger partial charge in [0.1, 0.15) is 36.4 Å². The SMILES string of the molecule is O=C(CCC(F)(F)C(F)(F)CS(=O)(=O)O)OC1C2OC(=O)C3C2OC1C3C(=O)OCCOCCOCCO. The first-order valence-corrected chi connectivity index (χ1v) is 13.0. The van der Waals surface area contributed by atoms with E-state index in [1.165, 1.54) is 0 Å². The van der Waals surface area contributed by atoms with Crippen LogP contribution in [0.25, 0.3) is 0 Å². The number of rotatable bonds is 16. The molecule has 3 heterocycles. The van der Waals surface area contributed by atoms with Crippen molar-refractivity contribution in [2.75, 3.05) is 45.4 Å². The first-order chi connectivity index (χ1) is 17.7. The van der Waals surface area contributed by atoms with Gasteiger partial charge < -0.3 is 33.5 Å². The first kappa shape index (κ1) is 30.4. The molecule has 3 saturated heterocycles. The van der Waals surface area contributed by atoms with E-state index >= 15 is 0 Å². The average molecular weight is 582 g/mol. The number of aliphatic hydroxyl groups excluding tert-OH is 1. The lowest BCUT2D eigenvalue weighted by Gasteiger charge is -2.28. The molecule has 0 saturated carbocycles. The van der Waals surface area contributed by atoms with Gasteiger partial charge >= 0.3 is 29.8 Å². The molecule has 0 aromatic heterocycles. The highest BCUT2D eigenvalue weighted by Gasteiger charge is 2.72. The molecule has 3 fully saturated rings. The molecule has 0 amide bonds. The highest BCUT2D eigenvalue weighted by molar-refractivity contribution is 7.85. The molecule has 6 atom stereocenters. The summed E-state index contributed by atoms with van der Waals surface area (Å²) in [7, 11) is -5.45. The van der Waals surface area contributed by atoms with Gasteiger partial charge in [0.15, 0.2) is 12.2 Å².